The van der Waals surface area contributed by atoms with E-state index in [1.807, 2.05) is 37.8 Å². The van der Waals surface area contributed by atoms with Crippen molar-refractivity contribution >= 4 is 58.8 Å². The smallest absolute Gasteiger partial charge is 0.264 e. The third-order valence-electron chi connectivity index (χ3n) is 12.9. The zero-order valence-corrected chi connectivity index (χ0v) is 36.8. The Labute approximate surface area is 377 Å². The summed E-state index contributed by atoms with van der Waals surface area (Å²) in [6.45, 7) is 6.80. The van der Waals surface area contributed by atoms with Crippen LogP contribution >= 0.6 is 0 Å². The van der Waals surface area contributed by atoms with Crippen molar-refractivity contribution in [2.75, 3.05) is 56.0 Å². The molecule has 1 aromatic carbocycles. The molecular formula is C47H57N11O7. The van der Waals surface area contributed by atoms with Gasteiger partial charge >= 0.3 is 0 Å². The number of fused-ring (bicyclic) bond motifs is 2. The van der Waals surface area contributed by atoms with Crippen LogP contribution in [-0.4, -0.2) is 128 Å². The highest BCUT2D eigenvalue weighted by atomic mass is 16.3. The van der Waals surface area contributed by atoms with Gasteiger partial charge in [-0.05, 0) is 55.5 Å². The van der Waals surface area contributed by atoms with Crippen LogP contribution in [0.4, 0.5) is 11.6 Å². The molecule has 2 atom stereocenters. The number of hydrogen-bond acceptors (Lipinski definition) is 13. The number of piperazine rings is 1. The van der Waals surface area contributed by atoms with Crippen molar-refractivity contribution in [3.8, 4) is 0 Å². The summed E-state index contributed by atoms with van der Waals surface area (Å²) in [5.74, 6) is -0.420. The number of hydrogen-bond donors (Lipinski definition) is 3. The van der Waals surface area contributed by atoms with Crippen LogP contribution in [0.1, 0.15) is 103 Å². The molecule has 1 aliphatic carbocycles. The van der Waals surface area contributed by atoms with Crippen molar-refractivity contribution in [1.29, 1.82) is 0 Å². The standard InChI is InChI=1S/C47H57N11O7/c1-2-38(44(62)51-31-59)58-45(63)36-13-10-14-39(41(36)46(58)64)56-28-33(29-56)43(61)48-20-9-7-5-3-4-6-8-15-40(60)55-23-21-54(22-24-55)34-18-16-32(17-19-34)37-27-50-47(57-30-52-53-42(37)57)49-26-35-12-11-25-65-35/h10-14,16-18,25,27,30-31,33-34,38H,2-9,15,19-24,26,28-29H2,1H3,(H,48,61)(H,49,50)(H,51,59,62). The fourth-order valence-corrected chi connectivity index (χ4v) is 9.23. The van der Waals surface area contributed by atoms with E-state index in [2.05, 4.69) is 48.9 Å². The van der Waals surface area contributed by atoms with E-state index < -0.39 is 23.8 Å². The van der Waals surface area contributed by atoms with E-state index in [1.165, 1.54) is 0 Å². The number of aromatic nitrogens is 4. The number of carbonyl (C=O) groups excluding carboxylic acids is 6. The molecule has 6 amide bonds. The van der Waals surface area contributed by atoms with Gasteiger partial charge in [0.25, 0.3) is 11.8 Å². The third-order valence-corrected chi connectivity index (χ3v) is 12.9. The van der Waals surface area contributed by atoms with Crippen molar-refractivity contribution in [3.63, 3.8) is 0 Å². The molecule has 3 aromatic heterocycles. The van der Waals surface area contributed by atoms with Crippen LogP contribution in [0.15, 0.2) is 71.8 Å². The predicted molar refractivity (Wildman–Crippen MR) is 241 cm³/mol. The van der Waals surface area contributed by atoms with Crippen LogP contribution in [0, 0.1) is 5.92 Å². The number of furan rings is 1. The molecule has 65 heavy (non-hydrogen) atoms. The molecule has 18 heteroatoms. The summed E-state index contributed by atoms with van der Waals surface area (Å²) in [5.41, 5.74) is 3.73. The van der Waals surface area contributed by atoms with Crippen LogP contribution in [0.25, 0.3) is 11.2 Å². The molecule has 18 nitrogen and oxygen atoms in total. The number of benzene rings is 1. The molecule has 0 radical (unpaired) electrons. The van der Waals surface area contributed by atoms with Gasteiger partial charge in [-0.3, -0.25) is 48.3 Å². The van der Waals surface area contributed by atoms with Gasteiger partial charge in [-0.2, -0.15) is 0 Å². The van der Waals surface area contributed by atoms with Gasteiger partial charge in [-0.15, -0.1) is 10.2 Å². The molecule has 2 fully saturated rings. The van der Waals surface area contributed by atoms with Crippen molar-refractivity contribution in [2.24, 2.45) is 5.92 Å². The van der Waals surface area contributed by atoms with Gasteiger partial charge in [0, 0.05) is 70.0 Å². The Balaban J connectivity index is 0.661. The van der Waals surface area contributed by atoms with Crippen molar-refractivity contribution in [1.82, 2.24) is 44.9 Å². The Morgan fingerprint density at radius 1 is 0.938 bits per heavy atom. The van der Waals surface area contributed by atoms with Crippen LogP contribution < -0.4 is 20.9 Å². The molecule has 0 bridgehead atoms. The maximum Gasteiger partial charge on any atom is 0.264 e. The van der Waals surface area contributed by atoms with Gasteiger partial charge in [-0.1, -0.05) is 63.3 Å². The van der Waals surface area contributed by atoms with Gasteiger partial charge in [-0.25, -0.2) is 4.98 Å². The highest BCUT2D eigenvalue weighted by Crippen LogP contribution is 2.36. The molecule has 3 aliphatic heterocycles. The SMILES string of the molecule is CCC(C(=O)NC=O)N1C(=O)c2cccc(N3CC(C(=O)NCCCCCCCCCC(=O)N4CCN(C5C=CC(c6cnc(NCc7ccco7)n7cnnc67)=CC5)CC4)C3)c2C1=O. The monoisotopic (exact) mass is 887 g/mol. The van der Waals surface area contributed by atoms with E-state index >= 15 is 0 Å². The van der Waals surface area contributed by atoms with E-state index in [4.69, 9.17) is 4.42 Å². The minimum Gasteiger partial charge on any atom is -0.467 e. The lowest BCUT2D eigenvalue weighted by atomic mass is 9.95. The number of anilines is 2. The molecule has 2 unspecified atom stereocenters. The molecule has 0 spiro atoms. The van der Waals surface area contributed by atoms with Crippen LogP contribution in [0.3, 0.4) is 0 Å². The topological polar surface area (TPSA) is 208 Å². The lowest BCUT2D eigenvalue weighted by Crippen LogP contribution is -2.54. The number of allylic oxidation sites excluding steroid dienone is 2. The van der Waals surface area contributed by atoms with Gasteiger partial charge in [0.1, 0.15) is 18.1 Å². The quantitative estimate of drug-likeness (QED) is 0.0610. The second kappa shape index (κ2) is 20.9. The van der Waals surface area contributed by atoms with E-state index in [0.29, 0.717) is 44.2 Å². The summed E-state index contributed by atoms with van der Waals surface area (Å²) < 4.78 is 7.28. The number of unbranched alkanes of at least 4 members (excludes halogenated alkanes) is 6. The summed E-state index contributed by atoms with van der Waals surface area (Å²) in [7, 11) is 0. The summed E-state index contributed by atoms with van der Waals surface area (Å²) in [6.07, 6.45) is 20.7. The molecule has 4 aromatic rings. The highest BCUT2D eigenvalue weighted by molar-refractivity contribution is 6.25. The zero-order chi connectivity index (χ0) is 45.3. The maximum atomic E-state index is 13.4. The minimum absolute atomic E-state index is 0.0283. The van der Waals surface area contributed by atoms with E-state index in [-0.39, 0.29) is 47.7 Å². The Hall–Kier alpha value is -6.69. The summed E-state index contributed by atoms with van der Waals surface area (Å²) in [6, 6.07) is 7.94. The molecule has 8 rings (SSSR count). The fraction of sp³-hybridized carbons (Fsp3) is 0.468. The molecule has 4 aliphatic rings. The van der Waals surface area contributed by atoms with E-state index in [9.17, 15) is 28.8 Å². The Morgan fingerprint density at radius 3 is 2.45 bits per heavy atom. The molecule has 2 saturated heterocycles. The molecule has 342 valence electrons. The first-order chi connectivity index (χ1) is 31.7. The summed E-state index contributed by atoms with van der Waals surface area (Å²) >= 11 is 0. The Bertz CT molecular complexity index is 2430. The summed E-state index contributed by atoms with van der Waals surface area (Å²) in [4.78, 5) is 87.7. The van der Waals surface area contributed by atoms with Crippen molar-refractivity contribution < 1.29 is 33.2 Å². The van der Waals surface area contributed by atoms with Crippen LogP contribution in [-0.2, 0) is 25.7 Å². The predicted octanol–water partition coefficient (Wildman–Crippen LogP) is 4.21. The normalized spacial score (nSPS) is 18.1. The highest BCUT2D eigenvalue weighted by Gasteiger charge is 2.45. The first-order valence-corrected chi connectivity index (χ1v) is 22.9. The average molecular weight is 888 g/mol. The second-order valence-electron chi connectivity index (χ2n) is 17.0. The molecule has 3 N–H and O–H groups in total. The third kappa shape index (κ3) is 10.0. The van der Waals surface area contributed by atoms with Gasteiger partial charge < -0.3 is 24.9 Å². The van der Waals surface area contributed by atoms with Crippen LogP contribution in [0.5, 0.6) is 0 Å². The summed E-state index contributed by atoms with van der Waals surface area (Å²) in [5, 5.41) is 16.9. The number of nitrogens with one attached hydrogen (secondary N) is 3. The fourth-order valence-electron chi connectivity index (χ4n) is 9.23. The Kier molecular flexibility index (Phi) is 14.4. The van der Waals surface area contributed by atoms with Gasteiger partial charge in [0.15, 0.2) is 5.65 Å². The number of carbonyl (C=O) groups is 6. The zero-order valence-electron chi connectivity index (χ0n) is 36.8. The first kappa shape index (κ1) is 44.9. The van der Waals surface area contributed by atoms with E-state index in [0.717, 1.165) is 105 Å². The number of rotatable bonds is 21. The van der Waals surface area contributed by atoms with Crippen molar-refractivity contribution in [3.05, 3.63) is 89.8 Å². The van der Waals surface area contributed by atoms with Crippen LogP contribution in [0.2, 0.25) is 0 Å². The lowest BCUT2D eigenvalue weighted by molar-refractivity contribution is -0.133. The number of nitrogens with zero attached hydrogens (tertiary/aromatic N) is 8. The maximum absolute atomic E-state index is 13.4. The second-order valence-corrected chi connectivity index (χ2v) is 17.0. The van der Waals surface area contributed by atoms with Gasteiger partial charge in [0.05, 0.1) is 35.5 Å². The molecular weight excluding hydrogens is 831 g/mol. The van der Waals surface area contributed by atoms with Crippen molar-refractivity contribution in [2.45, 2.75) is 89.8 Å². The largest absolute Gasteiger partial charge is 0.467 e. The lowest BCUT2D eigenvalue weighted by Gasteiger charge is -2.40. The number of amides is 6. The minimum atomic E-state index is -1.10. The first-order valence-electron chi connectivity index (χ1n) is 22.9. The van der Waals surface area contributed by atoms with Gasteiger partial charge in [0.2, 0.25) is 30.1 Å². The number of imide groups is 2. The van der Waals surface area contributed by atoms with E-state index in [1.54, 1.807) is 37.7 Å². The Morgan fingerprint density at radius 2 is 1.72 bits per heavy atom. The molecule has 0 saturated carbocycles. The molecule has 6 heterocycles. The average Bonchev–Trinajstić information content (AvgIpc) is 4.08.